The number of amides is 3. The molecular formula is C18H19N3O5S2. The lowest BCUT2D eigenvalue weighted by Gasteiger charge is -2.49. The van der Waals surface area contributed by atoms with Crippen LogP contribution in [0.4, 0.5) is 0 Å². The van der Waals surface area contributed by atoms with Gasteiger partial charge in [-0.2, -0.15) is 0 Å². The van der Waals surface area contributed by atoms with Gasteiger partial charge in [0.2, 0.25) is 5.91 Å². The number of likely N-dealkylation sites (N-methyl/N-ethyl adjacent to an activating group) is 1. The van der Waals surface area contributed by atoms with Crippen molar-refractivity contribution < 1.29 is 24.3 Å². The molecule has 1 fully saturated rings. The Bertz CT molecular complexity index is 856. The number of benzene rings is 1. The van der Waals surface area contributed by atoms with E-state index in [1.54, 1.807) is 0 Å². The number of carbonyl (C=O) groups excluding carboxylic acids is 3. The van der Waals surface area contributed by atoms with Crippen molar-refractivity contribution in [3.05, 3.63) is 41.6 Å². The monoisotopic (exact) mass is 421 g/mol. The Balaban J connectivity index is 1.67. The number of nitrogens with zero attached hydrogens (tertiary/aromatic N) is 2. The number of nitrogens with one attached hydrogen (secondary N) is 1. The van der Waals surface area contributed by atoms with Gasteiger partial charge in [0.05, 0.1) is 11.3 Å². The lowest BCUT2D eigenvalue weighted by molar-refractivity contribution is -0.150. The predicted octanol–water partition coefficient (Wildman–Crippen LogP) is 0.606. The first-order chi connectivity index (χ1) is 13.3. The van der Waals surface area contributed by atoms with E-state index < -0.39 is 29.2 Å². The van der Waals surface area contributed by atoms with Crippen LogP contribution in [0.25, 0.3) is 0 Å². The van der Waals surface area contributed by atoms with E-state index in [0.717, 1.165) is 9.80 Å². The molecule has 2 N–H and O–H groups in total. The SMILES string of the molecule is CN(C)C(=O)C1=C(C(=O)O)N2C(=O)C(NC(=O)CSc3ccccc3)[C@@H]2SC1. The van der Waals surface area contributed by atoms with Crippen LogP contribution in [0.5, 0.6) is 0 Å². The van der Waals surface area contributed by atoms with Crippen molar-refractivity contribution in [3.63, 3.8) is 0 Å². The quantitative estimate of drug-likeness (QED) is 0.512. The first-order valence-electron chi connectivity index (χ1n) is 8.41. The van der Waals surface area contributed by atoms with Crippen molar-refractivity contribution in [2.75, 3.05) is 25.6 Å². The lowest BCUT2D eigenvalue weighted by atomic mass is 10.0. The van der Waals surface area contributed by atoms with E-state index >= 15 is 0 Å². The second-order valence-corrected chi connectivity index (χ2v) is 8.54. The van der Waals surface area contributed by atoms with E-state index in [1.807, 2.05) is 30.3 Å². The van der Waals surface area contributed by atoms with Crippen molar-refractivity contribution in [2.24, 2.45) is 0 Å². The fourth-order valence-corrected chi connectivity index (χ4v) is 5.00. The molecule has 3 rings (SSSR count). The molecule has 0 bridgehead atoms. The van der Waals surface area contributed by atoms with Crippen LogP contribution in [0, 0.1) is 0 Å². The summed E-state index contributed by atoms with van der Waals surface area (Å²) in [6.45, 7) is 0. The third-order valence-electron chi connectivity index (χ3n) is 4.26. The third-order valence-corrected chi connectivity index (χ3v) is 6.56. The Labute approximate surface area is 170 Å². The summed E-state index contributed by atoms with van der Waals surface area (Å²) in [6.07, 6.45) is 0. The van der Waals surface area contributed by atoms with Crippen LogP contribution in [0.2, 0.25) is 0 Å². The molecule has 1 aromatic carbocycles. The molecule has 0 aliphatic carbocycles. The maximum atomic E-state index is 12.5. The molecule has 0 spiro atoms. The number of hydrogen-bond donors (Lipinski definition) is 2. The number of β-lactam (4-membered cyclic amide) rings is 1. The van der Waals surface area contributed by atoms with Gasteiger partial charge in [0.15, 0.2) is 0 Å². The molecule has 148 valence electrons. The normalized spacial score (nSPS) is 20.9. The van der Waals surface area contributed by atoms with E-state index in [1.165, 1.54) is 42.5 Å². The Morgan fingerprint density at radius 1 is 1.29 bits per heavy atom. The molecule has 8 nitrogen and oxygen atoms in total. The zero-order valence-electron chi connectivity index (χ0n) is 15.2. The van der Waals surface area contributed by atoms with Gasteiger partial charge in [-0.15, -0.1) is 23.5 Å². The molecule has 1 unspecified atom stereocenters. The van der Waals surface area contributed by atoms with E-state index in [2.05, 4.69) is 5.32 Å². The first-order valence-corrected chi connectivity index (χ1v) is 10.4. The molecule has 0 aromatic heterocycles. The lowest BCUT2D eigenvalue weighted by Crippen LogP contribution is -2.71. The number of carboxylic acids is 1. The Kier molecular flexibility index (Phi) is 5.99. The molecule has 2 heterocycles. The molecule has 3 amide bonds. The fraction of sp³-hybridized carbons (Fsp3) is 0.333. The summed E-state index contributed by atoms with van der Waals surface area (Å²) in [5.74, 6) is -2.27. The van der Waals surface area contributed by atoms with Gasteiger partial charge in [0, 0.05) is 24.7 Å². The zero-order chi connectivity index (χ0) is 20.4. The van der Waals surface area contributed by atoms with E-state index in [-0.39, 0.29) is 28.7 Å². The van der Waals surface area contributed by atoms with Crippen LogP contribution in [0.3, 0.4) is 0 Å². The summed E-state index contributed by atoms with van der Waals surface area (Å²) in [6, 6.07) is 8.61. The van der Waals surface area contributed by atoms with E-state index in [9.17, 15) is 24.3 Å². The molecule has 28 heavy (non-hydrogen) atoms. The predicted molar refractivity (Wildman–Crippen MR) is 106 cm³/mol. The highest BCUT2D eigenvalue weighted by molar-refractivity contribution is 8.00. The largest absolute Gasteiger partial charge is 0.477 e. The highest BCUT2D eigenvalue weighted by Crippen LogP contribution is 2.40. The van der Waals surface area contributed by atoms with Crippen molar-refractivity contribution in [2.45, 2.75) is 16.3 Å². The summed E-state index contributed by atoms with van der Waals surface area (Å²) in [5, 5.41) is 11.7. The minimum atomic E-state index is -1.33. The summed E-state index contributed by atoms with van der Waals surface area (Å²) >= 11 is 2.62. The van der Waals surface area contributed by atoms with Gasteiger partial charge in [-0.05, 0) is 12.1 Å². The third kappa shape index (κ3) is 3.88. The Hall–Kier alpha value is -2.46. The van der Waals surface area contributed by atoms with E-state index in [0.29, 0.717) is 0 Å². The molecule has 1 saturated heterocycles. The highest BCUT2D eigenvalue weighted by Gasteiger charge is 2.54. The molecule has 0 radical (unpaired) electrons. The number of fused-ring (bicyclic) bond motifs is 1. The molecule has 1 aromatic rings. The number of carboxylic acid groups (broad SMARTS) is 1. The van der Waals surface area contributed by atoms with Gasteiger partial charge in [-0.1, -0.05) is 18.2 Å². The molecule has 2 atom stereocenters. The van der Waals surface area contributed by atoms with Gasteiger partial charge in [0.25, 0.3) is 11.8 Å². The van der Waals surface area contributed by atoms with Gasteiger partial charge < -0.3 is 15.3 Å². The van der Waals surface area contributed by atoms with Crippen molar-refractivity contribution >= 4 is 47.2 Å². The Morgan fingerprint density at radius 3 is 2.57 bits per heavy atom. The van der Waals surface area contributed by atoms with Crippen LogP contribution in [-0.4, -0.2) is 75.6 Å². The number of thioether (sulfide) groups is 2. The number of hydrogen-bond acceptors (Lipinski definition) is 6. The summed E-state index contributed by atoms with van der Waals surface area (Å²) in [4.78, 5) is 52.0. The first kappa shape index (κ1) is 20.3. The fourth-order valence-electron chi connectivity index (χ4n) is 2.93. The highest BCUT2D eigenvalue weighted by atomic mass is 32.2. The van der Waals surface area contributed by atoms with Gasteiger partial charge in [-0.3, -0.25) is 19.3 Å². The summed E-state index contributed by atoms with van der Waals surface area (Å²) in [7, 11) is 3.05. The standard InChI is InChI=1S/C18H19N3O5S2/c1-20(2)15(23)11-8-28-17-13(16(24)21(17)14(11)18(25)26)19-12(22)9-27-10-6-4-3-5-7-10/h3-7,13,17H,8-9H2,1-2H3,(H,19,22)(H,25,26)/t13?,17-/m0/s1. The topological polar surface area (TPSA) is 107 Å². The number of carbonyl (C=O) groups is 4. The van der Waals surface area contributed by atoms with Crippen LogP contribution >= 0.6 is 23.5 Å². The van der Waals surface area contributed by atoms with Gasteiger partial charge in [0.1, 0.15) is 17.1 Å². The van der Waals surface area contributed by atoms with Gasteiger partial charge in [-0.25, -0.2) is 4.79 Å². The number of aliphatic carboxylic acids is 1. The molecule has 2 aliphatic rings. The number of rotatable bonds is 6. The van der Waals surface area contributed by atoms with Crippen molar-refractivity contribution in [3.8, 4) is 0 Å². The minimum absolute atomic E-state index is 0.0801. The summed E-state index contributed by atoms with van der Waals surface area (Å²) < 4.78 is 0. The average molecular weight is 422 g/mol. The Morgan fingerprint density at radius 2 is 1.96 bits per heavy atom. The van der Waals surface area contributed by atoms with Gasteiger partial charge >= 0.3 is 5.97 Å². The molecule has 0 saturated carbocycles. The van der Waals surface area contributed by atoms with Crippen molar-refractivity contribution in [1.29, 1.82) is 0 Å². The van der Waals surface area contributed by atoms with Crippen molar-refractivity contribution in [1.82, 2.24) is 15.1 Å². The maximum absolute atomic E-state index is 12.5. The minimum Gasteiger partial charge on any atom is -0.477 e. The molecule has 2 aliphatic heterocycles. The average Bonchev–Trinajstić information content (AvgIpc) is 2.69. The van der Waals surface area contributed by atoms with Crippen LogP contribution in [-0.2, 0) is 19.2 Å². The van der Waals surface area contributed by atoms with Crippen LogP contribution in [0.1, 0.15) is 0 Å². The summed E-state index contributed by atoms with van der Waals surface area (Å²) in [5.41, 5.74) is -0.215. The van der Waals surface area contributed by atoms with Crippen LogP contribution in [0.15, 0.2) is 46.5 Å². The molecular weight excluding hydrogens is 402 g/mol. The second kappa shape index (κ2) is 8.27. The maximum Gasteiger partial charge on any atom is 0.353 e. The smallest absolute Gasteiger partial charge is 0.353 e. The van der Waals surface area contributed by atoms with Crippen LogP contribution < -0.4 is 5.32 Å². The molecule has 10 heteroatoms. The second-order valence-electron chi connectivity index (χ2n) is 6.39. The zero-order valence-corrected chi connectivity index (χ0v) is 16.9. The van der Waals surface area contributed by atoms with E-state index in [4.69, 9.17) is 0 Å².